The summed E-state index contributed by atoms with van der Waals surface area (Å²) in [6.07, 6.45) is -3.24. The summed E-state index contributed by atoms with van der Waals surface area (Å²) in [5.41, 5.74) is 7.15. The van der Waals surface area contributed by atoms with Gasteiger partial charge >= 0.3 is 18.1 Å². The topological polar surface area (TPSA) is 231 Å². The van der Waals surface area contributed by atoms with Crippen LogP contribution < -0.4 is 16.0 Å². The molecule has 328 valence electrons. The first kappa shape index (κ1) is 44.9. The van der Waals surface area contributed by atoms with Crippen LogP contribution in [0.15, 0.2) is 137 Å². The van der Waals surface area contributed by atoms with Gasteiger partial charge < -0.3 is 26.1 Å². The van der Waals surface area contributed by atoms with Gasteiger partial charge in [0.1, 0.15) is 22.8 Å². The monoisotopic (exact) mass is 932 g/mol. The lowest BCUT2D eigenvalue weighted by Crippen LogP contribution is -2.71. The van der Waals surface area contributed by atoms with Crippen LogP contribution in [0, 0.1) is 0 Å². The van der Waals surface area contributed by atoms with Gasteiger partial charge in [0, 0.05) is 39.9 Å². The summed E-state index contributed by atoms with van der Waals surface area (Å²) in [5, 5.41) is 33.7. The Hall–Kier alpha value is -7.10. The second-order valence-corrected chi connectivity index (χ2v) is 16.2. The van der Waals surface area contributed by atoms with E-state index in [-0.39, 0.29) is 39.0 Å². The van der Waals surface area contributed by atoms with Crippen LogP contribution in [0.1, 0.15) is 28.8 Å². The highest BCUT2D eigenvalue weighted by Crippen LogP contribution is 2.43. The number of carbonyl (C=O) groups excluding carboxylic acids is 3. The molecule has 0 unspecified atom stereocenters. The zero-order valence-electron chi connectivity index (χ0n) is 32.7. The van der Waals surface area contributed by atoms with Gasteiger partial charge in [0.2, 0.25) is 5.60 Å². The smallest absolute Gasteiger partial charge is 0.477 e. The van der Waals surface area contributed by atoms with E-state index < -0.39 is 46.9 Å². The normalized spacial score (nSPS) is 18.2. The van der Waals surface area contributed by atoms with Crippen LogP contribution in [-0.4, -0.2) is 95.6 Å². The molecule has 3 aromatic carbocycles. The van der Waals surface area contributed by atoms with Gasteiger partial charge in [0.15, 0.2) is 21.8 Å². The Labute approximate surface area is 373 Å². The number of rotatable bonds is 11. The van der Waals surface area contributed by atoms with E-state index >= 15 is 0 Å². The zero-order valence-corrected chi connectivity index (χ0v) is 35.1. The Kier molecular flexibility index (Phi) is 13.1. The highest BCUT2D eigenvalue weighted by Gasteiger charge is 2.54. The maximum atomic E-state index is 14.2. The van der Waals surface area contributed by atoms with E-state index in [1.165, 1.54) is 28.8 Å². The van der Waals surface area contributed by atoms with E-state index in [1.807, 2.05) is 91.0 Å². The highest BCUT2D eigenvalue weighted by atomic mass is 35.5. The number of alkyl halides is 3. The second-order valence-electron chi connectivity index (χ2n) is 13.8. The maximum absolute atomic E-state index is 14.2. The van der Waals surface area contributed by atoms with E-state index in [4.69, 9.17) is 32.1 Å². The number of thiazole rings is 1. The van der Waals surface area contributed by atoms with Crippen molar-refractivity contribution >= 4 is 81.0 Å². The number of nitrogens with one attached hydrogen (secondary N) is 1. The standard InChI is InChI=1S/C40H31ClN8O6S2.C2HF3O2/c41-29-16-17-30(46-45-29)48-19-18-23(35(48)51)20-24-21-56-37-32(36(52)49(37)33(24)38(53)54)44-34(50)31(28-22-57-39(42)43-28)47-55-40(25-10-4-1-5-11-25,26-12-6-2-7-13-26)27-14-8-3-9-15-27;3-2(4,5)1(6)7/h1-17,20,22,32,37H,18-19,21H2,(H2,42,43)(H,44,50)(H,53,54);(H,6,7)/b23-20+,47-31-;/t32-,37-;/m1./s1. The number of benzene rings is 3. The van der Waals surface area contributed by atoms with Gasteiger partial charge in [-0.1, -0.05) is 108 Å². The predicted molar refractivity (Wildman–Crippen MR) is 229 cm³/mol. The van der Waals surface area contributed by atoms with Crippen molar-refractivity contribution in [3.05, 3.63) is 159 Å². The number of nitrogens with two attached hydrogens (primary N) is 1. The third-order valence-corrected chi connectivity index (χ3v) is 12.1. The van der Waals surface area contributed by atoms with Crippen LogP contribution in [0.25, 0.3) is 0 Å². The Bertz CT molecular complexity index is 2590. The Morgan fingerprint density at radius 1 is 0.906 bits per heavy atom. The lowest BCUT2D eigenvalue weighted by molar-refractivity contribution is -0.192. The Morgan fingerprint density at radius 2 is 1.48 bits per heavy atom. The summed E-state index contributed by atoms with van der Waals surface area (Å²) < 4.78 is 31.7. The molecule has 16 nitrogen and oxygen atoms in total. The molecule has 8 rings (SSSR count). The minimum Gasteiger partial charge on any atom is -0.477 e. The molecule has 0 radical (unpaired) electrons. The molecule has 5 N–H and O–H groups in total. The van der Waals surface area contributed by atoms with Gasteiger partial charge in [-0.3, -0.25) is 24.2 Å². The zero-order chi connectivity index (χ0) is 45.8. The molecule has 2 aromatic heterocycles. The number of nitrogen functional groups attached to an aromatic ring is 1. The van der Waals surface area contributed by atoms with Crippen LogP contribution in [0.4, 0.5) is 24.1 Å². The van der Waals surface area contributed by atoms with Crippen molar-refractivity contribution in [1.29, 1.82) is 0 Å². The molecule has 64 heavy (non-hydrogen) atoms. The first-order chi connectivity index (χ1) is 30.6. The average molecular weight is 933 g/mol. The fourth-order valence-corrected chi connectivity index (χ4v) is 8.94. The number of nitrogens with zero attached hydrogens (tertiary/aromatic N) is 6. The number of thioether (sulfide) groups is 1. The second kappa shape index (κ2) is 18.7. The molecule has 5 heterocycles. The van der Waals surface area contributed by atoms with E-state index in [0.717, 1.165) is 32.9 Å². The molecule has 2 saturated heterocycles. The minimum absolute atomic E-state index is 0.123. The number of aliphatic carboxylic acids is 2. The van der Waals surface area contributed by atoms with Gasteiger partial charge in [-0.2, -0.15) is 13.2 Å². The SMILES string of the molecule is Nc1nc(/C(=N/OC(c2ccccc2)(c2ccccc2)c2ccccc2)C(=O)N[C@@H]2C(=O)N3C(C(=O)O)=C(/C=C4\CCN(c5ccc(Cl)nn5)C4=O)CS[C@H]23)cs1.O=C(O)C(F)(F)F. The van der Waals surface area contributed by atoms with Crippen molar-refractivity contribution in [2.75, 3.05) is 22.9 Å². The molecule has 0 spiro atoms. The van der Waals surface area contributed by atoms with E-state index in [9.17, 15) is 37.5 Å². The molecular weight excluding hydrogens is 901 g/mol. The predicted octanol–water partition coefficient (Wildman–Crippen LogP) is 5.62. The quantitative estimate of drug-likeness (QED) is 0.0415. The molecule has 22 heteroatoms. The third kappa shape index (κ3) is 9.17. The molecule has 3 aliphatic rings. The van der Waals surface area contributed by atoms with Crippen molar-refractivity contribution in [2.24, 2.45) is 5.16 Å². The summed E-state index contributed by atoms with van der Waals surface area (Å²) in [6.45, 7) is 0.310. The number of hydrogen-bond donors (Lipinski definition) is 4. The fourth-order valence-electron chi connectivity index (χ4n) is 6.99. The maximum Gasteiger partial charge on any atom is 0.490 e. The van der Waals surface area contributed by atoms with Gasteiger partial charge in [-0.05, 0) is 30.2 Å². The molecule has 0 bridgehead atoms. The van der Waals surface area contributed by atoms with Crippen molar-refractivity contribution in [3.8, 4) is 0 Å². The number of fused-ring (bicyclic) bond motifs is 1. The van der Waals surface area contributed by atoms with Gasteiger partial charge in [-0.25, -0.2) is 14.6 Å². The lowest BCUT2D eigenvalue weighted by Gasteiger charge is -2.49. The number of halogens is 4. The first-order valence-corrected chi connectivity index (χ1v) is 21.1. The summed E-state index contributed by atoms with van der Waals surface area (Å²) in [5.74, 6) is -5.41. The Balaban J connectivity index is 0.000000809. The van der Waals surface area contributed by atoms with Gasteiger partial charge in [0.05, 0.1) is 0 Å². The largest absolute Gasteiger partial charge is 0.490 e. The molecule has 0 aliphatic carbocycles. The molecule has 3 amide bonds. The van der Waals surface area contributed by atoms with Gasteiger partial charge in [0.25, 0.3) is 17.7 Å². The number of aromatic nitrogens is 3. The van der Waals surface area contributed by atoms with Crippen molar-refractivity contribution in [3.63, 3.8) is 0 Å². The van der Waals surface area contributed by atoms with Crippen LogP contribution >= 0.6 is 34.7 Å². The minimum atomic E-state index is -5.08. The molecule has 2 fully saturated rings. The van der Waals surface area contributed by atoms with E-state index in [2.05, 4.69) is 25.7 Å². The van der Waals surface area contributed by atoms with Crippen LogP contribution in [-0.2, 0) is 34.4 Å². The number of hydrogen-bond acceptors (Lipinski definition) is 13. The van der Waals surface area contributed by atoms with Crippen LogP contribution in [0.3, 0.4) is 0 Å². The summed E-state index contributed by atoms with van der Waals surface area (Å²) in [6, 6.07) is 30.4. The molecule has 2 atom stereocenters. The number of β-lactam (4-membered cyclic amide) rings is 1. The number of carboxylic acids is 2. The summed E-state index contributed by atoms with van der Waals surface area (Å²) in [4.78, 5) is 76.3. The fraction of sp³-hybridized carbons (Fsp3) is 0.167. The number of amides is 3. The Morgan fingerprint density at radius 3 is 1.97 bits per heavy atom. The van der Waals surface area contributed by atoms with E-state index in [0.29, 0.717) is 29.9 Å². The number of anilines is 2. The number of carboxylic acid groups (broad SMARTS) is 2. The van der Waals surface area contributed by atoms with Crippen molar-refractivity contribution in [1.82, 2.24) is 25.4 Å². The van der Waals surface area contributed by atoms with Crippen molar-refractivity contribution in [2.45, 2.75) is 29.6 Å². The molecule has 0 saturated carbocycles. The molecule has 5 aromatic rings. The van der Waals surface area contributed by atoms with Gasteiger partial charge in [-0.15, -0.1) is 33.3 Å². The highest BCUT2D eigenvalue weighted by molar-refractivity contribution is 8.00. The molecular formula is C42H32ClF3N8O8S2. The number of allylic oxidation sites excluding steroid dienone is 1. The third-order valence-electron chi connectivity index (χ3n) is 9.89. The van der Waals surface area contributed by atoms with Crippen LogP contribution in [0.2, 0.25) is 5.15 Å². The lowest BCUT2D eigenvalue weighted by atomic mass is 9.80. The number of oxime groups is 1. The average Bonchev–Trinajstić information content (AvgIpc) is 3.89. The van der Waals surface area contributed by atoms with Crippen molar-refractivity contribution < 1.29 is 52.2 Å². The van der Waals surface area contributed by atoms with Crippen LogP contribution in [0.5, 0.6) is 0 Å². The first-order valence-electron chi connectivity index (χ1n) is 18.8. The summed E-state index contributed by atoms with van der Waals surface area (Å²) >= 11 is 8.21. The summed E-state index contributed by atoms with van der Waals surface area (Å²) in [7, 11) is 0. The number of carbonyl (C=O) groups is 5. The van der Waals surface area contributed by atoms with E-state index in [1.54, 1.807) is 11.4 Å². The molecule has 3 aliphatic heterocycles.